The van der Waals surface area contributed by atoms with Gasteiger partial charge in [-0.3, -0.25) is 4.79 Å². The Morgan fingerprint density at radius 1 is 0.800 bits per heavy atom. The summed E-state index contributed by atoms with van der Waals surface area (Å²) >= 11 is 0. The molecule has 0 amide bonds. The molecule has 6 heteroatoms. The van der Waals surface area contributed by atoms with Crippen LogP contribution in [0.5, 0.6) is 23.0 Å². The summed E-state index contributed by atoms with van der Waals surface area (Å²) < 4.78 is 22.2. The first-order valence-corrected chi connectivity index (χ1v) is 9.28. The summed E-state index contributed by atoms with van der Waals surface area (Å²) in [5.41, 5.74) is 1.51. The Labute approximate surface area is 175 Å². The first kappa shape index (κ1) is 20.9. The molecule has 0 N–H and O–H groups in total. The van der Waals surface area contributed by atoms with Crippen LogP contribution < -0.4 is 18.9 Å². The first-order chi connectivity index (χ1) is 14.5. The number of carbonyl (C=O) groups is 2. The Bertz CT molecular complexity index is 1020. The van der Waals surface area contributed by atoms with Gasteiger partial charge < -0.3 is 18.9 Å². The van der Waals surface area contributed by atoms with Crippen molar-refractivity contribution < 1.29 is 28.5 Å². The van der Waals surface area contributed by atoms with Crippen LogP contribution in [-0.4, -0.2) is 26.0 Å². The van der Waals surface area contributed by atoms with Crippen molar-refractivity contribution in [3.8, 4) is 23.0 Å². The number of ketones is 1. The number of benzene rings is 3. The third kappa shape index (κ3) is 4.78. The van der Waals surface area contributed by atoms with Crippen LogP contribution in [0.3, 0.4) is 0 Å². The molecule has 0 unspecified atom stereocenters. The number of rotatable bonds is 8. The molecule has 0 saturated heterocycles. The zero-order valence-electron chi connectivity index (χ0n) is 17.0. The monoisotopic (exact) mass is 406 g/mol. The SMILES string of the molecule is COc1cc(C(=O)Oc2ccccc2C(C)=O)cc(OC)c1OCc1ccccc1. The lowest BCUT2D eigenvalue weighted by Gasteiger charge is -2.16. The predicted octanol–water partition coefficient (Wildman–Crippen LogP) is 4.70. The molecule has 0 aliphatic carbocycles. The molecule has 0 heterocycles. The maximum atomic E-state index is 12.7. The third-order valence-electron chi connectivity index (χ3n) is 4.39. The molecule has 3 aromatic rings. The van der Waals surface area contributed by atoms with Gasteiger partial charge in [-0.25, -0.2) is 4.79 Å². The van der Waals surface area contributed by atoms with E-state index < -0.39 is 5.97 Å². The highest BCUT2D eigenvalue weighted by Crippen LogP contribution is 2.39. The van der Waals surface area contributed by atoms with E-state index in [9.17, 15) is 9.59 Å². The van der Waals surface area contributed by atoms with E-state index in [0.29, 0.717) is 29.4 Å². The van der Waals surface area contributed by atoms with Crippen LogP contribution in [0, 0.1) is 0 Å². The van der Waals surface area contributed by atoms with E-state index in [1.165, 1.54) is 33.3 Å². The van der Waals surface area contributed by atoms with Crippen LogP contribution in [0.15, 0.2) is 66.7 Å². The molecule has 0 radical (unpaired) electrons. The summed E-state index contributed by atoms with van der Waals surface area (Å²) in [5, 5.41) is 0. The van der Waals surface area contributed by atoms with Crippen molar-refractivity contribution in [3.05, 3.63) is 83.4 Å². The van der Waals surface area contributed by atoms with Crippen molar-refractivity contribution in [2.45, 2.75) is 13.5 Å². The minimum atomic E-state index is -0.644. The van der Waals surface area contributed by atoms with E-state index in [4.69, 9.17) is 18.9 Å². The van der Waals surface area contributed by atoms with Gasteiger partial charge in [0.25, 0.3) is 0 Å². The lowest BCUT2D eigenvalue weighted by molar-refractivity contribution is 0.0732. The molecule has 3 rings (SSSR count). The summed E-state index contributed by atoms with van der Waals surface area (Å²) in [6.45, 7) is 1.72. The van der Waals surface area contributed by atoms with Crippen molar-refractivity contribution in [2.75, 3.05) is 14.2 Å². The summed E-state index contributed by atoms with van der Waals surface area (Å²) in [7, 11) is 2.95. The van der Waals surface area contributed by atoms with Crippen LogP contribution in [-0.2, 0) is 6.61 Å². The van der Waals surface area contributed by atoms with E-state index in [1.54, 1.807) is 24.3 Å². The fraction of sp³-hybridized carbons (Fsp3) is 0.167. The fourth-order valence-electron chi connectivity index (χ4n) is 2.88. The van der Waals surface area contributed by atoms with E-state index in [0.717, 1.165) is 5.56 Å². The maximum absolute atomic E-state index is 12.7. The smallest absolute Gasteiger partial charge is 0.343 e. The number of methoxy groups -OCH3 is 2. The molecule has 0 aliphatic heterocycles. The van der Waals surface area contributed by atoms with Gasteiger partial charge in [-0.05, 0) is 36.8 Å². The molecule has 0 fully saturated rings. The minimum Gasteiger partial charge on any atom is -0.493 e. The second-order valence-corrected chi connectivity index (χ2v) is 6.43. The second-order valence-electron chi connectivity index (χ2n) is 6.43. The zero-order valence-corrected chi connectivity index (χ0v) is 17.0. The average molecular weight is 406 g/mol. The van der Waals surface area contributed by atoms with Gasteiger partial charge in [0.15, 0.2) is 17.3 Å². The lowest BCUT2D eigenvalue weighted by Crippen LogP contribution is -2.12. The van der Waals surface area contributed by atoms with Gasteiger partial charge in [0.1, 0.15) is 12.4 Å². The molecule has 30 heavy (non-hydrogen) atoms. The van der Waals surface area contributed by atoms with Crippen molar-refractivity contribution in [2.24, 2.45) is 0 Å². The van der Waals surface area contributed by atoms with Gasteiger partial charge in [0.05, 0.1) is 25.3 Å². The number of hydrogen-bond acceptors (Lipinski definition) is 6. The Balaban J connectivity index is 1.87. The van der Waals surface area contributed by atoms with E-state index >= 15 is 0 Å². The number of para-hydroxylation sites is 1. The molecule has 3 aromatic carbocycles. The van der Waals surface area contributed by atoms with Crippen LogP contribution in [0.25, 0.3) is 0 Å². The number of Topliss-reactive ketones (excluding diaryl/α,β-unsaturated/α-hetero) is 1. The van der Waals surface area contributed by atoms with Gasteiger partial charge in [-0.2, -0.15) is 0 Å². The molecule has 0 aliphatic rings. The molecular weight excluding hydrogens is 384 g/mol. The molecule has 0 aromatic heterocycles. The maximum Gasteiger partial charge on any atom is 0.343 e. The van der Waals surface area contributed by atoms with Crippen LogP contribution in [0.2, 0.25) is 0 Å². The lowest BCUT2D eigenvalue weighted by atomic mass is 10.1. The molecular formula is C24H22O6. The molecule has 0 atom stereocenters. The van der Waals surface area contributed by atoms with E-state index in [2.05, 4.69) is 0 Å². The van der Waals surface area contributed by atoms with Crippen molar-refractivity contribution in [1.29, 1.82) is 0 Å². The van der Waals surface area contributed by atoms with Gasteiger partial charge in [-0.15, -0.1) is 0 Å². The van der Waals surface area contributed by atoms with Crippen molar-refractivity contribution >= 4 is 11.8 Å². The fourth-order valence-corrected chi connectivity index (χ4v) is 2.88. The van der Waals surface area contributed by atoms with Crippen LogP contribution in [0.1, 0.15) is 33.2 Å². The van der Waals surface area contributed by atoms with Gasteiger partial charge >= 0.3 is 5.97 Å². The Morgan fingerprint density at radius 3 is 2.00 bits per heavy atom. The first-order valence-electron chi connectivity index (χ1n) is 9.28. The number of carbonyl (C=O) groups excluding carboxylic acids is 2. The third-order valence-corrected chi connectivity index (χ3v) is 4.39. The number of hydrogen-bond donors (Lipinski definition) is 0. The Kier molecular flexibility index (Phi) is 6.70. The quantitative estimate of drug-likeness (QED) is 0.307. The van der Waals surface area contributed by atoms with Crippen LogP contribution >= 0.6 is 0 Å². The average Bonchev–Trinajstić information content (AvgIpc) is 2.77. The summed E-state index contributed by atoms with van der Waals surface area (Å²) in [5.74, 6) is 0.393. The molecule has 0 saturated carbocycles. The molecule has 0 bridgehead atoms. The molecule has 0 spiro atoms. The minimum absolute atomic E-state index is 0.192. The predicted molar refractivity (Wildman–Crippen MR) is 112 cm³/mol. The highest BCUT2D eigenvalue weighted by atomic mass is 16.5. The molecule has 154 valence electrons. The van der Waals surface area contributed by atoms with Crippen molar-refractivity contribution in [3.63, 3.8) is 0 Å². The van der Waals surface area contributed by atoms with Crippen LogP contribution in [0.4, 0.5) is 0 Å². The largest absolute Gasteiger partial charge is 0.493 e. The Hall–Kier alpha value is -3.80. The normalized spacial score (nSPS) is 10.2. The van der Waals surface area contributed by atoms with Gasteiger partial charge in [0, 0.05) is 0 Å². The Morgan fingerprint density at radius 2 is 1.40 bits per heavy atom. The second kappa shape index (κ2) is 9.60. The standard InChI is InChI=1S/C24H22O6/c1-16(25)19-11-7-8-12-20(19)30-24(26)18-13-21(27-2)23(22(14-18)28-3)29-15-17-9-5-4-6-10-17/h4-14H,15H2,1-3H3. The number of esters is 1. The molecule has 6 nitrogen and oxygen atoms in total. The van der Waals surface area contributed by atoms with Gasteiger partial charge in [0.2, 0.25) is 5.75 Å². The topological polar surface area (TPSA) is 71.1 Å². The summed E-state index contributed by atoms with van der Waals surface area (Å²) in [6.07, 6.45) is 0. The summed E-state index contributed by atoms with van der Waals surface area (Å²) in [6, 6.07) is 19.3. The van der Waals surface area contributed by atoms with Gasteiger partial charge in [-0.1, -0.05) is 42.5 Å². The highest BCUT2D eigenvalue weighted by Gasteiger charge is 2.20. The highest BCUT2D eigenvalue weighted by molar-refractivity contribution is 5.99. The number of ether oxygens (including phenoxy) is 4. The van der Waals surface area contributed by atoms with E-state index in [1.807, 2.05) is 30.3 Å². The summed E-state index contributed by atoms with van der Waals surface area (Å²) in [4.78, 5) is 24.5. The zero-order chi connectivity index (χ0) is 21.5. The van der Waals surface area contributed by atoms with Crippen molar-refractivity contribution in [1.82, 2.24) is 0 Å². The van der Waals surface area contributed by atoms with E-state index in [-0.39, 0.29) is 17.1 Å².